The van der Waals surface area contributed by atoms with Gasteiger partial charge >= 0.3 is 0 Å². The lowest BCUT2D eigenvalue weighted by Gasteiger charge is -2.34. The maximum Gasteiger partial charge on any atom is 0.238 e. The van der Waals surface area contributed by atoms with E-state index in [-0.39, 0.29) is 24.0 Å². The van der Waals surface area contributed by atoms with Crippen LogP contribution in [0, 0.1) is 6.92 Å². The maximum absolute atomic E-state index is 13.3. The van der Waals surface area contributed by atoms with Crippen LogP contribution in [-0.4, -0.2) is 80.3 Å². The van der Waals surface area contributed by atoms with E-state index >= 15 is 0 Å². The molecule has 1 aliphatic heterocycles. The van der Waals surface area contributed by atoms with Crippen molar-refractivity contribution in [1.82, 2.24) is 9.80 Å². The van der Waals surface area contributed by atoms with Crippen LogP contribution in [0.15, 0.2) is 89.5 Å². The quantitative estimate of drug-likeness (QED) is 0.105. The number of ketones is 2. The van der Waals surface area contributed by atoms with Crippen LogP contribution in [0.2, 0.25) is 5.02 Å². The summed E-state index contributed by atoms with van der Waals surface area (Å²) in [6.45, 7) is 6.79. The molecule has 0 aromatic heterocycles. The Balaban J connectivity index is 1.04. The first-order chi connectivity index (χ1) is 23.7. The number of rotatable bonds is 14. The molecule has 3 aromatic carbocycles. The number of hydrogen-bond donors (Lipinski definition) is 1. The minimum absolute atomic E-state index is 0.0555. The molecule has 49 heavy (non-hydrogen) atoms. The second kappa shape index (κ2) is 17.4. The zero-order valence-corrected chi connectivity index (χ0v) is 29.4. The number of ether oxygens (including phenoxy) is 2. The Labute approximate surface area is 298 Å². The lowest BCUT2D eigenvalue weighted by atomic mass is 9.97. The van der Waals surface area contributed by atoms with Crippen LogP contribution in [0.1, 0.15) is 51.1 Å². The summed E-state index contributed by atoms with van der Waals surface area (Å²) in [5.74, 6) is 0.761. The van der Waals surface area contributed by atoms with Gasteiger partial charge in [-0.1, -0.05) is 77.3 Å². The molecule has 0 saturated carbocycles. The first-order valence-corrected chi connectivity index (χ1v) is 17.2. The SMILES string of the molecule is COc1cc(/C=C/C(=O)c2ccc(C)cc2)ccc1OCCCN1CCN(CC(=O)Nc2ccc(Cl)cc2C(=O)C2=C(Cl)CCC=C2)CC1. The molecule has 1 saturated heterocycles. The highest BCUT2D eigenvalue weighted by Gasteiger charge is 2.23. The van der Waals surface area contributed by atoms with Gasteiger partial charge in [0.05, 0.1) is 25.9 Å². The van der Waals surface area contributed by atoms with Gasteiger partial charge in [-0.2, -0.15) is 0 Å². The normalized spacial score (nSPS) is 15.4. The van der Waals surface area contributed by atoms with E-state index in [9.17, 15) is 14.4 Å². The van der Waals surface area contributed by atoms with Gasteiger partial charge in [0.25, 0.3) is 0 Å². The van der Waals surface area contributed by atoms with Crippen molar-refractivity contribution in [2.24, 2.45) is 0 Å². The first-order valence-electron chi connectivity index (χ1n) is 16.4. The molecule has 2 aliphatic rings. The van der Waals surface area contributed by atoms with Crippen molar-refractivity contribution < 1.29 is 23.9 Å². The van der Waals surface area contributed by atoms with E-state index < -0.39 is 0 Å². The Morgan fingerprint density at radius 3 is 2.41 bits per heavy atom. The van der Waals surface area contributed by atoms with E-state index in [1.165, 1.54) is 0 Å². The number of Topliss-reactive ketones (excluding diaryl/α,β-unsaturated/α-hetero) is 1. The fourth-order valence-electron chi connectivity index (χ4n) is 5.72. The van der Waals surface area contributed by atoms with Crippen LogP contribution in [0.5, 0.6) is 11.5 Å². The number of carbonyl (C=O) groups excluding carboxylic acids is 3. The molecule has 0 atom stereocenters. The third-order valence-electron chi connectivity index (χ3n) is 8.51. The number of piperazine rings is 1. The third kappa shape index (κ3) is 10.2. The summed E-state index contributed by atoms with van der Waals surface area (Å²) in [4.78, 5) is 43.2. The molecule has 8 nitrogen and oxygen atoms in total. The van der Waals surface area contributed by atoms with Gasteiger partial charge in [0.1, 0.15) is 0 Å². The summed E-state index contributed by atoms with van der Waals surface area (Å²) >= 11 is 12.5. The highest BCUT2D eigenvalue weighted by molar-refractivity contribution is 6.34. The first kappa shape index (κ1) is 36.1. The number of methoxy groups -OCH3 is 1. The molecule has 0 unspecified atom stereocenters. The van der Waals surface area contributed by atoms with Crippen LogP contribution in [0.25, 0.3) is 6.08 Å². The van der Waals surface area contributed by atoms with Gasteiger partial charge in [0, 0.05) is 59.5 Å². The van der Waals surface area contributed by atoms with Gasteiger partial charge in [-0.25, -0.2) is 0 Å². The number of nitrogens with one attached hydrogen (secondary N) is 1. The van der Waals surface area contributed by atoms with Gasteiger partial charge in [-0.15, -0.1) is 0 Å². The number of hydrogen-bond acceptors (Lipinski definition) is 7. The van der Waals surface area contributed by atoms with Crippen molar-refractivity contribution in [3.8, 4) is 11.5 Å². The summed E-state index contributed by atoms with van der Waals surface area (Å²) in [6.07, 6.45) is 9.23. The van der Waals surface area contributed by atoms with Crippen LogP contribution in [-0.2, 0) is 4.79 Å². The highest BCUT2D eigenvalue weighted by atomic mass is 35.5. The number of allylic oxidation sites excluding steroid dienone is 5. The Morgan fingerprint density at radius 1 is 0.918 bits per heavy atom. The Kier molecular flexibility index (Phi) is 12.8. The van der Waals surface area contributed by atoms with Gasteiger partial charge in [-0.05, 0) is 68.2 Å². The number of carbonyl (C=O) groups is 3. The second-order valence-electron chi connectivity index (χ2n) is 12.1. The summed E-state index contributed by atoms with van der Waals surface area (Å²) < 4.78 is 11.6. The smallest absolute Gasteiger partial charge is 0.238 e. The van der Waals surface area contributed by atoms with Gasteiger partial charge in [0.15, 0.2) is 23.1 Å². The van der Waals surface area contributed by atoms with Crippen LogP contribution in [0.4, 0.5) is 5.69 Å². The monoisotopic (exact) mass is 701 g/mol. The summed E-state index contributed by atoms with van der Waals surface area (Å²) in [6, 6.07) is 18.0. The van der Waals surface area contributed by atoms with Crippen LogP contribution >= 0.6 is 23.2 Å². The van der Waals surface area contributed by atoms with Gasteiger partial charge < -0.3 is 19.7 Å². The molecule has 3 aromatic rings. The Bertz CT molecular complexity index is 1760. The van der Waals surface area contributed by atoms with Crippen LogP contribution < -0.4 is 14.8 Å². The Hall–Kier alpha value is -4.21. The maximum atomic E-state index is 13.3. The summed E-state index contributed by atoms with van der Waals surface area (Å²) in [5, 5.41) is 3.84. The van der Waals surface area contributed by atoms with Gasteiger partial charge in [-0.3, -0.25) is 19.3 Å². The molecule has 0 spiro atoms. The number of benzene rings is 3. The molecule has 10 heteroatoms. The van der Waals surface area contributed by atoms with Crippen molar-refractivity contribution in [1.29, 1.82) is 0 Å². The number of halogens is 2. The topological polar surface area (TPSA) is 88.2 Å². The van der Waals surface area contributed by atoms with Crippen molar-refractivity contribution >= 4 is 52.4 Å². The standard InChI is InChI=1S/C39H41Cl2N3O5/c1-27-8-12-29(13-9-27)35(45)16-10-28-11-17-36(37(24-28)48-2)49-23-5-18-43-19-21-44(22-20-43)26-38(46)42-34-15-14-30(40)25-32(34)39(47)31-6-3-4-7-33(31)41/h3,6,8-17,24-25H,4-5,7,18-23,26H2,1-2H3,(H,42,46)/b16-10+. The Morgan fingerprint density at radius 2 is 1.67 bits per heavy atom. The van der Waals surface area contributed by atoms with E-state index in [4.69, 9.17) is 32.7 Å². The zero-order chi connectivity index (χ0) is 34.8. The molecule has 1 heterocycles. The lowest BCUT2D eigenvalue weighted by Crippen LogP contribution is -2.48. The predicted molar refractivity (Wildman–Crippen MR) is 196 cm³/mol. The zero-order valence-electron chi connectivity index (χ0n) is 27.8. The molecule has 1 N–H and O–H groups in total. The van der Waals surface area contributed by atoms with E-state index in [1.54, 1.807) is 43.5 Å². The average Bonchev–Trinajstić information content (AvgIpc) is 3.11. The number of anilines is 1. The van der Waals surface area contributed by atoms with Crippen molar-refractivity contribution in [2.45, 2.75) is 26.2 Å². The molecular formula is C39H41Cl2N3O5. The average molecular weight is 703 g/mol. The predicted octanol–water partition coefficient (Wildman–Crippen LogP) is 7.60. The van der Waals surface area contributed by atoms with E-state index in [0.29, 0.717) is 57.0 Å². The number of nitrogens with zero attached hydrogens (tertiary/aromatic N) is 2. The van der Waals surface area contributed by atoms with Crippen molar-refractivity contribution in [3.05, 3.63) is 117 Å². The molecular weight excluding hydrogens is 661 g/mol. The molecule has 256 valence electrons. The number of amides is 1. The van der Waals surface area contributed by atoms with Crippen LogP contribution in [0.3, 0.4) is 0 Å². The van der Waals surface area contributed by atoms with E-state index in [0.717, 1.165) is 56.7 Å². The highest BCUT2D eigenvalue weighted by Crippen LogP contribution is 2.30. The fraction of sp³-hybridized carbons (Fsp3) is 0.308. The minimum Gasteiger partial charge on any atom is -0.493 e. The molecule has 5 rings (SSSR count). The summed E-state index contributed by atoms with van der Waals surface area (Å²) in [5.41, 5.74) is 3.78. The van der Waals surface area contributed by atoms with E-state index in [1.807, 2.05) is 55.5 Å². The molecule has 0 bridgehead atoms. The van der Waals surface area contributed by atoms with E-state index in [2.05, 4.69) is 15.1 Å². The molecule has 1 fully saturated rings. The minimum atomic E-state index is -0.258. The summed E-state index contributed by atoms with van der Waals surface area (Å²) in [7, 11) is 1.60. The third-order valence-corrected chi connectivity index (χ3v) is 9.14. The largest absolute Gasteiger partial charge is 0.493 e. The molecule has 1 amide bonds. The fourth-order valence-corrected chi connectivity index (χ4v) is 6.15. The van der Waals surface area contributed by atoms with Crippen molar-refractivity contribution in [2.75, 3.05) is 58.3 Å². The lowest BCUT2D eigenvalue weighted by molar-refractivity contribution is -0.117. The molecule has 1 aliphatic carbocycles. The van der Waals surface area contributed by atoms with Crippen molar-refractivity contribution in [3.63, 3.8) is 0 Å². The molecule has 0 radical (unpaired) electrons. The van der Waals surface area contributed by atoms with Gasteiger partial charge in [0.2, 0.25) is 5.91 Å². The number of aryl methyl sites for hydroxylation is 1. The second-order valence-corrected chi connectivity index (χ2v) is 13.0.